The predicted octanol–water partition coefficient (Wildman–Crippen LogP) is 2.17. The standard InChI is InChI=1S/C14H22N4O/c1-5-18-12(6-9(2)17-18)8-14(16-15)13-7-10(3)19-11(13)4/h6-7,14,16H,5,8,15H2,1-4H3. The molecule has 0 fully saturated rings. The summed E-state index contributed by atoms with van der Waals surface area (Å²) in [4.78, 5) is 0. The van der Waals surface area contributed by atoms with Gasteiger partial charge in [-0.05, 0) is 39.8 Å². The highest BCUT2D eigenvalue weighted by Crippen LogP contribution is 2.24. The van der Waals surface area contributed by atoms with E-state index in [0.717, 1.165) is 35.7 Å². The Morgan fingerprint density at radius 2 is 2.11 bits per heavy atom. The smallest absolute Gasteiger partial charge is 0.105 e. The second-order valence-corrected chi connectivity index (χ2v) is 4.88. The fraction of sp³-hybridized carbons (Fsp3) is 0.500. The molecule has 5 nitrogen and oxygen atoms in total. The van der Waals surface area contributed by atoms with Gasteiger partial charge in [0, 0.05) is 24.2 Å². The number of aromatic nitrogens is 2. The Balaban J connectivity index is 2.26. The van der Waals surface area contributed by atoms with Crippen LogP contribution in [0.5, 0.6) is 0 Å². The fourth-order valence-corrected chi connectivity index (χ4v) is 2.50. The van der Waals surface area contributed by atoms with Crippen molar-refractivity contribution < 1.29 is 4.42 Å². The van der Waals surface area contributed by atoms with E-state index < -0.39 is 0 Å². The third kappa shape index (κ3) is 2.88. The number of aryl methyl sites for hydroxylation is 4. The van der Waals surface area contributed by atoms with Crippen molar-refractivity contribution in [2.45, 2.75) is 46.7 Å². The van der Waals surface area contributed by atoms with E-state index in [1.165, 1.54) is 5.69 Å². The Morgan fingerprint density at radius 3 is 2.63 bits per heavy atom. The lowest BCUT2D eigenvalue weighted by Gasteiger charge is -2.15. The first-order chi connectivity index (χ1) is 9.05. The molecule has 1 atom stereocenters. The Labute approximate surface area is 113 Å². The molecule has 0 aliphatic carbocycles. The van der Waals surface area contributed by atoms with Crippen molar-refractivity contribution in [1.29, 1.82) is 0 Å². The third-order valence-electron chi connectivity index (χ3n) is 3.35. The van der Waals surface area contributed by atoms with Gasteiger partial charge in [0.1, 0.15) is 11.5 Å². The van der Waals surface area contributed by atoms with Crippen LogP contribution in [0, 0.1) is 20.8 Å². The minimum atomic E-state index is 0.0406. The van der Waals surface area contributed by atoms with Crippen molar-refractivity contribution in [3.63, 3.8) is 0 Å². The van der Waals surface area contributed by atoms with Gasteiger partial charge >= 0.3 is 0 Å². The summed E-state index contributed by atoms with van der Waals surface area (Å²) in [7, 11) is 0. The molecule has 3 N–H and O–H groups in total. The Hall–Kier alpha value is -1.59. The number of rotatable bonds is 5. The molecule has 0 aliphatic heterocycles. The predicted molar refractivity (Wildman–Crippen MR) is 74.6 cm³/mol. The van der Waals surface area contributed by atoms with E-state index in [-0.39, 0.29) is 6.04 Å². The quantitative estimate of drug-likeness (QED) is 0.640. The zero-order valence-corrected chi connectivity index (χ0v) is 12.0. The van der Waals surface area contributed by atoms with E-state index in [1.54, 1.807) is 0 Å². The number of nitrogens with zero attached hydrogens (tertiary/aromatic N) is 2. The van der Waals surface area contributed by atoms with Crippen LogP contribution in [-0.4, -0.2) is 9.78 Å². The summed E-state index contributed by atoms with van der Waals surface area (Å²) < 4.78 is 7.59. The molecule has 0 amide bonds. The van der Waals surface area contributed by atoms with Gasteiger partial charge in [-0.15, -0.1) is 0 Å². The maximum Gasteiger partial charge on any atom is 0.105 e. The lowest BCUT2D eigenvalue weighted by Crippen LogP contribution is -2.30. The normalized spacial score (nSPS) is 12.9. The molecule has 0 aromatic carbocycles. The van der Waals surface area contributed by atoms with E-state index in [9.17, 15) is 0 Å². The number of hydrogen-bond donors (Lipinski definition) is 2. The zero-order valence-electron chi connectivity index (χ0n) is 12.0. The van der Waals surface area contributed by atoms with E-state index in [1.807, 2.05) is 31.5 Å². The number of hydrazine groups is 1. The minimum absolute atomic E-state index is 0.0406. The first-order valence-corrected chi connectivity index (χ1v) is 6.61. The molecule has 1 unspecified atom stereocenters. The molecule has 104 valence electrons. The van der Waals surface area contributed by atoms with Crippen LogP contribution >= 0.6 is 0 Å². The summed E-state index contributed by atoms with van der Waals surface area (Å²) >= 11 is 0. The summed E-state index contributed by atoms with van der Waals surface area (Å²) in [6.07, 6.45) is 0.797. The largest absolute Gasteiger partial charge is 0.466 e. The highest BCUT2D eigenvalue weighted by molar-refractivity contribution is 5.26. The summed E-state index contributed by atoms with van der Waals surface area (Å²) in [5.74, 6) is 7.53. The van der Waals surface area contributed by atoms with Crippen LogP contribution in [0.25, 0.3) is 0 Å². The molecule has 2 aromatic heterocycles. The minimum Gasteiger partial charge on any atom is -0.466 e. The van der Waals surface area contributed by atoms with Crippen LogP contribution in [0.15, 0.2) is 16.5 Å². The van der Waals surface area contributed by atoms with E-state index in [0.29, 0.717) is 0 Å². The average molecular weight is 262 g/mol. The van der Waals surface area contributed by atoms with Gasteiger partial charge in [-0.3, -0.25) is 16.0 Å². The second-order valence-electron chi connectivity index (χ2n) is 4.88. The molecule has 0 bridgehead atoms. The van der Waals surface area contributed by atoms with Crippen molar-refractivity contribution in [2.24, 2.45) is 5.84 Å². The van der Waals surface area contributed by atoms with Crippen LogP contribution < -0.4 is 11.3 Å². The fourth-order valence-electron chi connectivity index (χ4n) is 2.50. The maximum absolute atomic E-state index is 5.71. The van der Waals surface area contributed by atoms with Gasteiger partial charge in [-0.2, -0.15) is 5.10 Å². The Bertz CT molecular complexity index is 556. The van der Waals surface area contributed by atoms with Crippen molar-refractivity contribution in [3.05, 3.63) is 40.6 Å². The summed E-state index contributed by atoms with van der Waals surface area (Å²) in [6.45, 7) is 8.88. The Morgan fingerprint density at radius 1 is 1.37 bits per heavy atom. The molecule has 0 saturated carbocycles. The first kappa shape index (κ1) is 13.8. The summed E-state index contributed by atoms with van der Waals surface area (Å²) in [5.41, 5.74) is 6.21. The number of furan rings is 1. The van der Waals surface area contributed by atoms with Crippen molar-refractivity contribution in [3.8, 4) is 0 Å². The molecule has 5 heteroatoms. The van der Waals surface area contributed by atoms with Crippen molar-refractivity contribution in [1.82, 2.24) is 15.2 Å². The monoisotopic (exact) mass is 262 g/mol. The molecule has 2 heterocycles. The topological polar surface area (TPSA) is 69.0 Å². The highest BCUT2D eigenvalue weighted by atomic mass is 16.3. The molecule has 0 radical (unpaired) electrons. The van der Waals surface area contributed by atoms with Gasteiger partial charge in [-0.25, -0.2) is 0 Å². The van der Waals surface area contributed by atoms with Crippen LogP contribution in [0.4, 0.5) is 0 Å². The molecule has 19 heavy (non-hydrogen) atoms. The van der Waals surface area contributed by atoms with E-state index in [2.05, 4.69) is 23.5 Å². The maximum atomic E-state index is 5.71. The van der Waals surface area contributed by atoms with Gasteiger partial charge in [0.05, 0.1) is 11.7 Å². The highest BCUT2D eigenvalue weighted by Gasteiger charge is 2.18. The number of hydrogen-bond acceptors (Lipinski definition) is 4. The zero-order chi connectivity index (χ0) is 14.0. The van der Waals surface area contributed by atoms with Gasteiger partial charge in [0.15, 0.2) is 0 Å². The molecular formula is C14H22N4O. The average Bonchev–Trinajstić information content (AvgIpc) is 2.88. The lowest BCUT2D eigenvalue weighted by atomic mass is 10.0. The summed E-state index contributed by atoms with van der Waals surface area (Å²) in [5, 5.41) is 4.46. The van der Waals surface area contributed by atoms with Gasteiger partial charge in [-0.1, -0.05) is 0 Å². The van der Waals surface area contributed by atoms with Crippen LogP contribution in [0.1, 0.15) is 41.4 Å². The van der Waals surface area contributed by atoms with Crippen molar-refractivity contribution >= 4 is 0 Å². The molecule has 0 spiro atoms. The van der Waals surface area contributed by atoms with E-state index in [4.69, 9.17) is 10.3 Å². The van der Waals surface area contributed by atoms with Gasteiger partial charge in [0.2, 0.25) is 0 Å². The van der Waals surface area contributed by atoms with Gasteiger partial charge in [0.25, 0.3) is 0 Å². The Kier molecular flexibility index (Phi) is 4.07. The molecule has 2 rings (SSSR count). The van der Waals surface area contributed by atoms with Crippen LogP contribution in [0.3, 0.4) is 0 Å². The lowest BCUT2D eigenvalue weighted by molar-refractivity contribution is 0.477. The molecule has 2 aromatic rings. The van der Waals surface area contributed by atoms with E-state index >= 15 is 0 Å². The SMILES string of the molecule is CCn1nc(C)cc1CC(NN)c1cc(C)oc1C. The molecule has 0 saturated heterocycles. The second kappa shape index (κ2) is 5.59. The molecule has 0 aliphatic rings. The number of nitrogens with two attached hydrogens (primary N) is 1. The molecular weight excluding hydrogens is 240 g/mol. The number of nitrogens with one attached hydrogen (secondary N) is 1. The van der Waals surface area contributed by atoms with Gasteiger partial charge < -0.3 is 4.42 Å². The van der Waals surface area contributed by atoms with Crippen LogP contribution in [-0.2, 0) is 13.0 Å². The first-order valence-electron chi connectivity index (χ1n) is 6.61. The van der Waals surface area contributed by atoms with Crippen LogP contribution in [0.2, 0.25) is 0 Å². The third-order valence-corrected chi connectivity index (χ3v) is 3.35. The van der Waals surface area contributed by atoms with Crippen molar-refractivity contribution in [2.75, 3.05) is 0 Å². The summed E-state index contributed by atoms with van der Waals surface area (Å²) in [6, 6.07) is 4.19.